The maximum Gasteiger partial charge on any atom is 0.356 e. The summed E-state index contributed by atoms with van der Waals surface area (Å²) in [4.78, 5) is 10.7. The standard InChI is InChI=1S/C10H15N3O2/c1-10(3-2-4-11-6-10)8-5-7(9(14)15)12-13-8/h5,11H,2-4,6H2,1H3,(H,12,13)(H,14,15). The highest BCUT2D eigenvalue weighted by molar-refractivity contribution is 5.85. The average molecular weight is 209 g/mol. The summed E-state index contributed by atoms with van der Waals surface area (Å²) in [7, 11) is 0. The minimum Gasteiger partial charge on any atom is -0.476 e. The number of rotatable bonds is 2. The van der Waals surface area contributed by atoms with E-state index in [0.29, 0.717) is 0 Å². The summed E-state index contributed by atoms with van der Waals surface area (Å²) in [5.74, 6) is -0.982. The van der Waals surface area contributed by atoms with Crippen molar-refractivity contribution in [3.05, 3.63) is 17.5 Å². The Labute approximate surface area is 87.9 Å². The SMILES string of the molecule is CC1(c2cc(C(=O)O)n[nH]2)CCCNC1. The molecule has 1 unspecified atom stereocenters. The van der Waals surface area contributed by atoms with Gasteiger partial charge >= 0.3 is 5.97 Å². The molecule has 82 valence electrons. The minimum absolute atomic E-state index is 0.0149. The van der Waals surface area contributed by atoms with E-state index in [-0.39, 0.29) is 11.1 Å². The number of aromatic nitrogens is 2. The number of piperidine rings is 1. The third-order valence-electron chi connectivity index (χ3n) is 3.04. The number of aromatic carboxylic acids is 1. The Morgan fingerprint density at radius 1 is 1.67 bits per heavy atom. The number of H-pyrrole nitrogens is 1. The van der Waals surface area contributed by atoms with Gasteiger partial charge in [0.15, 0.2) is 5.69 Å². The summed E-state index contributed by atoms with van der Waals surface area (Å²) in [5, 5.41) is 18.7. The number of nitrogens with zero attached hydrogens (tertiary/aromatic N) is 1. The Morgan fingerprint density at radius 2 is 2.47 bits per heavy atom. The first-order chi connectivity index (χ1) is 7.12. The van der Waals surface area contributed by atoms with Gasteiger partial charge in [0.05, 0.1) is 0 Å². The van der Waals surface area contributed by atoms with Crippen LogP contribution in [0.15, 0.2) is 6.07 Å². The van der Waals surface area contributed by atoms with Crippen LogP contribution in [0.1, 0.15) is 35.9 Å². The Morgan fingerprint density at radius 3 is 3.00 bits per heavy atom. The van der Waals surface area contributed by atoms with Gasteiger partial charge in [0.25, 0.3) is 0 Å². The summed E-state index contributed by atoms with van der Waals surface area (Å²) in [6.07, 6.45) is 2.17. The fraction of sp³-hybridized carbons (Fsp3) is 0.600. The molecule has 5 nitrogen and oxygen atoms in total. The second-order valence-corrected chi connectivity index (χ2v) is 4.31. The molecule has 1 fully saturated rings. The van der Waals surface area contributed by atoms with E-state index in [1.54, 1.807) is 6.07 Å². The molecule has 1 aliphatic heterocycles. The molecule has 2 rings (SSSR count). The largest absolute Gasteiger partial charge is 0.476 e. The summed E-state index contributed by atoms with van der Waals surface area (Å²) >= 11 is 0. The van der Waals surface area contributed by atoms with Crippen molar-refractivity contribution in [1.29, 1.82) is 0 Å². The Bertz CT molecular complexity index is 366. The van der Waals surface area contributed by atoms with Gasteiger partial charge in [0.1, 0.15) is 0 Å². The Balaban J connectivity index is 2.23. The zero-order chi connectivity index (χ0) is 10.9. The van der Waals surface area contributed by atoms with Crippen molar-refractivity contribution >= 4 is 5.97 Å². The van der Waals surface area contributed by atoms with E-state index in [4.69, 9.17) is 5.11 Å². The highest BCUT2D eigenvalue weighted by atomic mass is 16.4. The number of nitrogens with one attached hydrogen (secondary N) is 2. The predicted molar refractivity (Wildman–Crippen MR) is 55.0 cm³/mol. The van der Waals surface area contributed by atoms with Crippen LogP contribution in [0.4, 0.5) is 0 Å². The van der Waals surface area contributed by atoms with Gasteiger partial charge in [-0.15, -0.1) is 0 Å². The molecule has 0 aliphatic carbocycles. The summed E-state index contributed by atoms with van der Waals surface area (Å²) in [5.41, 5.74) is 0.989. The Hall–Kier alpha value is -1.36. The van der Waals surface area contributed by atoms with Gasteiger partial charge in [-0.3, -0.25) is 5.10 Å². The molecule has 0 bridgehead atoms. The van der Waals surface area contributed by atoms with E-state index in [1.807, 2.05) is 0 Å². The van der Waals surface area contributed by atoms with Crippen LogP contribution in [0.2, 0.25) is 0 Å². The molecule has 0 amide bonds. The molecule has 1 atom stereocenters. The zero-order valence-electron chi connectivity index (χ0n) is 8.71. The third kappa shape index (κ3) is 1.87. The molecular weight excluding hydrogens is 194 g/mol. The molecule has 3 N–H and O–H groups in total. The van der Waals surface area contributed by atoms with Crippen LogP contribution in [0.3, 0.4) is 0 Å². The summed E-state index contributed by atoms with van der Waals surface area (Å²) in [6.45, 7) is 4.03. The number of hydrogen-bond acceptors (Lipinski definition) is 3. The van der Waals surface area contributed by atoms with Crippen molar-refractivity contribution in [3.63, 3.8) is 0 Å². The van der Waals surface area contributed by atoms with Crippen molar-refractivity contribution < 1.29 is 9.90 Å². The lowest BCUT2D eigenvalue weighted by Crippen LogP contribution is -2.41. The fourth-order valence-electron chi connectivity index (χ4n) is 2.03. The highest BCUT2D eigenvalue weighted by Crippen LogP contribution is 2.29. The lowest BCUT2D eigenvalue weighted by Gasteiger charge is -2.32. The number of hydrogen-bond donors (Lipinski definition) is 3. The van der Waals surface area contributed by atoms with E-state index in [0.717, 1.165) is 31.6 Å². The first kappa shape index (κ1) is 10.2. The van der Waals surface area contributed by atoms with Gasteiger partial charge < -0.3 is 10.4 Å². The first-order valence-corrected chi connectivity index (χ1v) is 5.12. The van der Waals surface area contributed by atoms with Gasteiger partial charge in [-0.1, -0.05) is 6.92 Å². The second-order valence-electron chi connectivity index (χ2n) is 4.31. The molecule has 1 saturated heterocycles. The lowest BCUT2D eigenvalue weighted by atomic mass is 9.80. The van der Waals surface area contributed by atoms with Gasteiger partial charge in [0.2, 0.25) is 0 Å². The second kappa shape index (κ2) is 3.66. The molecule has 0 spiro atoms. The summed E-state index contributed by atoms with van der Waals surface area (Å²) in [6, 6.07) is 1.63. The number of carbonyl (C=O) groups is 1. The number of carboxylic acid groups (broad SMARTS) is 1. The van der Waals surface area contributed by atoms with Crippen LogP contribution in [0.25, 0.3) is 0 Å². The quantitative estimate of drug-likeness (QED) is 0.671. The van der Waals surface area contributed by atoms with Crippen LogP contribution < -0.4 is 5.32 Å². The van der Waals surface area contributed by atoms with Crippen molar-refractivity contribution in [1.82, 2.24) is 15.5 Å². The maximum absolute atomic E-state index is 10.7. The molecule has 1 aromatic rings. The molecule has 1 aromatic heterocycles. The predicted octanol–water partition coefficient (Wildman–Crippen LogP) is 0.749. The minimum atomic E-state index is -0.982. The molecule has 0 aromatic carbocycles. The van der Waals surface area contributed by atoms with Crippen LogP contribution in [-0.4, -0.2) is 34.4 Å². The van der Waals surface area contributed by atoms with E-state index in [9.17, 15) is 4.79 Å². The van der Waals surface area contributed by atoms with Crippen molar-refractivity contribution in [2.75, 3.05) is 13.1 Å². The molecule has 2 heterocycles. The molecule has 1 aliphatic rings. The van der Waals surface area contributed by atoms with E-state index < -0.39 is 5.97 Å². The maximum atomic E-state index is 10.7. The van der Waals surface area contributed by atoms with Crippen LogP contribution in [0.5, 0.6) is 0 Å². The lowest BCUT2D eigenvalue weighted by molar-refractivity contribution is 0.0690. The summed E-state index contributed by atoms with van der Waals surface area (Å²) < 4.78 is 0. The first-order valence-electron chi connectivity index (χ1n) is 5.12. The zero-order valence-corrected chi connectivity index (χ0v) is 8.71. The fourth-order valence-corrected chi connectivity index (χ4v) is 2.03. The number of carboxylic acids is 1. The normalized spacial score (nSPS) is 26.5. The van der Waals surface area contributed by atoms with Crippen molar-refractivity contribution in [3.8, 4) is 0 Å². The smallest absolute Gasteiger partial charge is 0.356 e. The van der Waals surface area contributed by atoms with Crippen LogP contribution in [-0.2, 0) is 5.41 Å². The van der Waals surface area contributed by atoms with E-state index in [1.165, 1.54) is 0 Å². The topological polar surface area (TPSA) is 78.0 Å². The molecule has 0 saturated carbocycles. The molecule has 0 radical (unpaired) electrons. The van der Waals surface area contributed by atoms with Gasteiger partial charge in [0, 0.05) is 17.7 Å². The van der Waals surface area contributed by atoms with Gasteiger partial charge in [-0.05, 0) is 25.5 Å². The van der Waals surface area contributed by atoms with Crippen molar-refractivity contribution in [2.24, 2.45) is 0 Å². The van der Waals surface area contributed by atoms with Crippen LogP contribution in [0, 0.1) is 0 Å². The van der Waals surface area contributed by atoms with Gasteiger partial charge in [-0.25, -0.2) is 4.79 Å². The van der Waals surface area contributed by atoms with E-state index in [2.05, 4.69) is 22.4 Å². The molecular formula is C10H15N3O2. The van der Waals surface area contributed by atoms with Gasteiger partial charge in [-0.2, -0.15) is 5.10 Å². The molecule has 5 heteroatoms. The third-order valence-corrected chi connectivity index (χ3v) is 3.04. The molecule has 15 heavy (non-hydrogen) atoms. The van der Waals surface area contributed by atoms with Crippen molar-refractivity contribution in [2.45, 2.75) is 25.2 Å². The van der Waals surface area contributed by atoms with Crippen LogP contribution >= 0.6 is 0 Å². The average Bonchev–Trinajstić information content (AvgIpc) is 2.68. The highest BCUT2D eigenvalue weighted by Gasteiger charge is 2.31. The monoisotopic (exact) mass is 209 g/mol. The number of aromatic amines is 1. The van der Waals surface area contributed by atoms with E-state index >= 15 is 0 Å². The Kier molecular flexibility index (Phi) is 2.48.